The maximum atomic E-state index is 13.1. The van der Waals surface area contributed by atoms with Gasteiger partial charge in [-0.15, -0.1) is 0 Å². The summed E-state index contributed by atoms with van der Waals surface area (Å²) in [5, 5.41) is 9.18. The number of aromatic nitrogens is 3. The second-order valence-electron chi connectivity index (χ2n) is 7.09. The summed E-state index contributed by atoms with van der Waals surface area (Å²) in [6.45, 7) is 2.83. The van der Waals surface area contributed by atoms with Crippen LogP contribution in [0.2, 0.25) is 0 Å². The molecule has 0 aliphatic heterocycles. The van der Waals surface area contributed by atoms with Crippen molar-refractivity contribution in [3.63, 3.8) is 0 Å². The fourth-order valence-electron chi connectivity index (χ4n) is 4.04. The number of aryl methyl sites for hydroxylation is 1. The summed E-state index contributed by atoms with van der Waals surface area (Å²) in [6.07, 6.45) is 7.01. The molecule has 0 atom stereocenters. The molecule has 4 rings (SSSR count). The lowest BCUT2D eigenvalue weighted by Gasteiger charge is -2.12. The Morgan fingerprint density at radius 2 is 2.00 bits per heavy atom. The summed E-state index contributed by atoms with van der Waals surface area (Å²) in [6, 6.07) is 8.24. The Balaban J connectivity index is 1.74. The number of para-hydroxylation sites is 1. The first-order chi connectivity index (χ1) is 12.7. The molecule has 6 nitrogen and oxygen atoms in total. The molecule has 0 saturated heterocycles. The molecule has 0 bridgehead atoms. The maximum absolute atomic E-state index is 13.1. The van der Waals surface area contributed by atoms with Gasteiger partial charge in [0.2, 0.25) is 5.91 Å². The van der Waals surface area contributed by atoms with Gasteiger partial charge in [0, 0.05) is 28.9 Å². The molecule has 1 aliphatic rings. The molecule has 1 N–H and O–H groups in total. The van der Waals surface area contributed by atoms with Crippen molar-refractivity contribution < 1.29 is 4.79 Å². The number of benzene rings is 1. The van der Waals surface area contributed by atoms with Crippen molar-refractivity contribution in [3.05, 3.63) is 40.8 Å². The van der Waals surface area contributed by atoms with Gasteiger partial charge in [-0.25, -0.2) is 4.68 Å². The highest BCUT2D eigenvalue weighted by molar-refractivity contribution is 6.07. The minimum atomic E-state index is -0.200. The maximum Gasteiger partial charge on any atom is 0.291 e. The van der Waals surface area contributed by atoms with Crippen molar-refractivity contribution in [1.82, 2.24) is 19.7 Å². The molecule has 2 heterocycles. The van der Waals surface area contributed by atoms with Crippen LogP contribution in [0.1, 0.15) is 39.0 Å². The molecule has 0 spiro atoms. The van der Waals surface area contributed by atoms with Crippen molar-refractivity contribution >= 4 is 27.7 Å². The first-order valence-corrected chi connectivity index (χ1v) is 9.45. The van der Waals surface area contributed by atoms with E-state index in [0.29, 0.717) is 5.52 Å². The number of carbonyl (C=O) groups excluding carboxylic acids is 1. The quantitative estimate of drug-likeness (QED) is 0.768. The Bertz CT molecular complexity index is 1010. The highest BCUT2D eigenvalue weighted by Crippen LogP contribution is 2.26. The molecule has 1 fully saturated rings. The van der Waals surface area contributed by atoms with Crippen molar-refractivity contribution in [2.75, 3.05) is 0 Å². The van der Waals surface area contributed by atoms with Crippen LogP contribution in [0.15, 0.2) is 35.3 Å². The minimum Gasteiger partial charge on any atom is -0.352 e. The molecule has 2 aromatic heterocycles. The summed E-state index contributed by atoms with van der Waals surface area (Å²) in [4.78, 5) is 25.4. The van der Waals surface area contributed by atoms with E-state index < -0.39 is 0 Å². The molecule has 1 amide bonds. The zero-order valence-corrected chi connectivity index (χ0v) is 15.1. The smallest absolute Gasteiger partial charge is 0.291 e. The van der Waals surface area contributed by atoms with Gasteiger partial charge in [-0.3, -0.25) is 9.59 Å². The van der Waals surface area contributed by atoms with Crippen molar-refractivity contribution in [3.8, 4) is 0 Å². The van der Waals surface area contributed by atoms with E-state index in [0.717, 1.165) is 54.9 Å². The number of hydrogen-bond acceptors (Lipinski definition) is 3. The number of fused-ring (bicyclic) bond motifs is 3. The van der Waals surface area contributed by atoms with Crippen LogP contribution in [0.3, 0.4) is 0 Å². The minimum absolute atomic E-state index is 0.0288. The van der Waals surface area contributed by atoms with Crippen LogP contribution < -0.4 is 10.9 Å². The summed E-state index contributed by atoms with van der Waals surface area (Å²) in [5.41, 5.74) is 1.47. The molecule has 6 heteroatoms. The van der Waals surface area contributed by atoms with Gasteiger partial charge >= 0.3 is 0 Å². The van der Waals surface area contributed by atoms with Crippen LogP contribution in [-0.4, -0.2) is 26.3 Å². The molecule has 0 unspecified atom stereocenters. The van der Waals surface area contributed by atoms with Crippen molar-refractivity contribution in [2.24, 2.45) is 0 Å². The average Bonchev–Trinajstić information content (AvgIpc) is 3.25. The zero-order valence-electron chi connectivity index (χ0n) is 15.1. The molecular formula is C20H24N4O2. The molecule has 1 aromatic carbocycles. The Kier molecular flexibility index (Phi) is 4.49. The monoisotopic (exact) mass is 352 g/mol. The SMILES string of the molecule is CCCn1c2ccccc2c2cnn(CC(=O)NC3CCCC3)c(=O)c21. The predicted molar refractivity (Wildman–Crippen MR) is 102 cm³/mol. The van der Waals surface area contributed by atoms with E-state index in [-0.39, 0.29) is 24.1 Å². The third-order valence-corrected chi connectivity index (χ3v) is 5.23. The van der Waals surface area contributed by atoms with Gasteiger partial charge in [0.15, 0.2) is 0 Å². The van der Waals surface area contributed by atoms with Gasteiger partial charge in [0.1, 0.15) is 12.1 Å². The van der Waals surface area contributed by atoms with Gasteiger partial charge in [-0.2, -0.15) is 5.10 Å². The van der Waals surface area contributed by atoms with Gasteiger partial charge < -0.3 is 9.88 Å². The Morgan fingerprint density at radius 3 is 2.77 bits per heavy atom. The zero-order chi connectivity index (χ0) is 18.1. The third-order valence-electron chi connectivity index (χ3n) is 5.23. The van der Waals surface area contributed by atoms with Crippen LogP contribution >= 0.6 is 0 Å². The Labute approximate surface area is 151 Å². The van der Waals surface area contributed by atoms with Gasteiger partial charge in [-0.1, -0.05) is 38.0 Å². The molecule has 1 saturated carbocycles. The first kappa shape index (κ1) is 16.8. The lowest BCUT2D eigenvalue weighted by atomic mass is 10.2. The first-order valence-electron chi connectivity index (χ1n) is 9.45. The van der Waals surface area contributed by atoms with Gasteiger partial charge in [0.05, 0.1) is 6.20 Å². The second-order valence-corrected chi connectivity index (χ2v) is 7.09. The van der Waals surface area contributed by atoms with Crippen LogP contribution in [0.4, 0.5) is 0 Å². The molecular weight excluding hydrogens is 328 g/mol. The van der Waals surface area contributed by atoms with E-state index in [1.165, 1.54) is 4.68 Å². The van der Waals surface area contributed by atoms with E-state index in [9.17, 15) is 9.59 Å². The third kappa shape index (κ3) is 2.89. The van der Waals surface area contributed by atoms with E-state index in [2.05, 4.69) is 21.9 Å². The van der Waals surface area contributed by atoms with Gasteiger partial charge in [0.25, 0.3) is 5.56 Å². The van der Waals surface area contributed by atoms with Crippen molar-refractivity contribution in [1.29, 1.82) is 0 Å². The number of nitrogens with zero attached hydrogens (tertiary/aromatic N) is 3. The fraction of sp³-hybridized carbons (Fsp3) is 0.450. The van der Waals surface area contributed by atoms with Crippen LogP contribution in [0.5, 0.6) is 0 Å². The number of nitrogens with one attached hydrogen (secondary N) is 1. The lowest BCUT2D eigenvalue weighted by molar-refractivity contribution is -0.122. The average molecular weight is 352 g/mol. The fourth-order valence-corrected chi connectivity index (χ4v) is 4.04. The highest BCUT2D eigenvalue weighted by Gasteiger charge is 2.19. The highest BCUT2D eigenvalue weighted by atomic mass is 16.2. The number of rotatable bonds is 5. The van der Waals surface area contributed by atoms with Crippen LogP contribution in [0, 0.1) is 0 Å². The normalized spacial score (nSPS) is 15.1. The second kappa shape index (κ2) is 6.94. The standard InChI is InChI=1S/C20H24N4O2/c1-2-11-23-17-10-6-5-9-15(17)16-12-21-24(20(26)19(16)23)13-18(25)22-14-7-3-4-8-14/h5-6,9-10,12,14H,2-4,7-8,11,13H2,1H3,(H,22,25). The van der Waals surface area contributed by atoms with E-state index in [1.54, 1.807) is 6.20 Å². The van der Waals surface area contributed by atoms with E-state index in [4.69, 9.17) is 0 Å². The molecule has 26 heavy (non-hydrogen) atoms. The summed E-state index contributed by atoms with van der Waals surface area (Å²) >= 11 is 0. The number of carbonyl (C=O) groups is 1. The predicted octanol–water partition coefficient (Wildman–Crippen LogP) is 2.82. The topological polar surface area (TPSA) is 68.9 Å². The molecule has 0 radical (unpaired) electrons. The van der Waals surface area contributed by atoms with Gasteiger partial charge in [-0.05, 0) is 25.3 Å². The Hall–Kier alpha value is -2.63. The lowest BCUT2D eigenvalue weighted by Crippen LogP contribution is -2.38. The van der Waals surface area contributed by atoms with Crippen LogP contribution in [-0.2, 0) is 17.9 Å². The van der Waals surface area contributed by atoms with Crippen LogP contribution in [0.25, 0.3) is 21.8 Å². The molecule has 136 valence electrons. The molecule has 3 aromatic rings. The molecule has 1 aliphatic carbocycles. The van der Waals surface area contributed by atoms with Crippen molar-refractivity contribution in [2.45, 2.75) is 58.2 Å². The van der Waals surface area contributed by atoms with E-state index >= 15 is 0 Å². The van der Waals surface area contributed by atoms with E-state index in [1.807, 2.05) is 24.3 Å². The summed E-state index contributed by atoms with van der Waals surface area (Å²) in [7, 11) is 0. The summed E-state index contributed by atoms with van der Waals surface area (Å²) in [5.74, 6) is -0.135. The Morgan fingerprint density at radius 1 is 1.23 bits per heavy atom. The number of hydrogen-bond donors (Lipinski definition) is 1. The largest absolute Gasteiger partial charge is 0.352 e. The number of amides is 1. The summed E-state index contributed by atoms with van der Waals surface area (Å²) < 4.78 is 3.34.